The van der Waals surface area contributed by atoms with Crippen molar-refractivity contribution < 1.29 is 9.94 Å². The van der Waals surface area contributed by atoms with E-state index in [9.17, 15) is 0 Å². The molecule has 0 bridgehead atoms. The fourth-order valence-electron chi connectivity index (χ4n) is 1.45. The van der Waals surface area contributed by atoms with Crippen LogP contribution in [0, 0.1) is 0 Å². The maximum Gasteiger partial charge on any atom is 0.188 e. The van der Waals surface area contributed by atoms with Crippen molar-refractivity contribution in [1.29, 1.82) is 0 Å². The van der Waals surface area contributed by atoms with E-state index in [1.807, 2.05) is 6.07 Å². The maximum atomic E-state index is 8.53. The number of methoxy groups -OCH3 is 1. The van der Waals surface area contributed by atoms with Crippen LogP contribution in [0.25, 0.3) is 0 Å². The Hall–Kier alpha value is -1.82. The number of hydrogen-bond acceptors (Lipinski definition) is 5. The molecule has 1 heterocycles. The number of aromatic nitrogens is 1. The highest BCUT2D eigenvalue weighted by atomic mass is 16.5. The van der Waals surface area contributed by atoms with Gasteiger partial charge in [-0.3, -0.25) is 4.98 Å². The summed E-state index contributed by atoms with van der Waals surface area (Å²) < 4.78 is 5.04. The van der Waals surface area contributed by atoms with Crippen molar-refractivity contribution in [3.63, 3.8) is 0 Å². The average Bonchev–Trinajstić information content (AvgIpc) is 2.39. The molecule has 3 N–H and O–H groups in total. The SMILES string of the molecule is CCN(CCOC)c1ccc(/C(N)=N/O)nc1. The molecule has 1 aromatic heterocycles. The first-order valence-electron chi connectivity index (χ1n) is 5.40. The number of nitrogens with two attached hydrogens (primary N) is 1. The van der Waals surface area contributed by atoms with E-state index in [4.69, 9.17) is 15.7 Å². The van der Waals surface area contributed by atoms with Gasteiger partial charge in [0, 0.05) is 20.2 Å². The fraction of sp³-hybridized carbons (Fsp3) is 0.455. The lowest BCUT2D eigenvalue weighted by Crippen LogP contribution is -2.27. The zero-order valence-electron chi connectivity index (χ0n) is 10.1. The van der Waals surface area contributed by atoms with Crippen LogP contribution in [-0.2, 0) is 4.74 Å². The Morgan fingerprint density at radius 2 is 2.35 bits per heavy atom. The fourth-order valence-corrected chi connectivity index (χ4v) is 1.45. The number of pyridine rings is 1. The van der Waals surface area contributed by atoms with E-state index in [-0.39, 0.29) is 5.84 Å². The molecule has 0 amide bonds. The van der Waals surface area contributed by atoms with Gasteiger partial charge in [-0.25, -0.2) is 0 Å². The van der Waals surface area contributed by atoms with Gasteiger partial charge in [0.05, 0.1) is 18.5 Å². The van der Waals surface area contributed by atoms with E-state index in [2.05, 4.69) is 22.0 Å². The molecule has 6 heteroatoms. The summed E-state index contributed by atoms with van der Waals surface area (Å²) in [6.45, 7) is 4.40. The Labute approximate surface area is 101 Å². The zero-order valence-corrected chi connectivity index (χ0v) is 10.1. The molecule has 0 aliphatic rings. The summed E-state index contributed by atoms with van der Waals surface area (Å²) in [4.78, 5) is 6.26. The van der Waals surface area contributed by atoms with Gasteiger partial charge in [-0.05, 0) is 19.1 Å². The van der Waals surface area contributed by atoms with Gasteiger partial charge in [-0.15, -0.1) is 0 Å². The number of likely N-dealkylation sites (N-methyl/N-ethyl adjacent to an activating group) is 1. The van der Waals surface area contributed by atoms with Gasteiger partial charge >= 0.3 is 0 Å². The average molecular weight is 238 g/mol. The standard InChI is InChI=1S/C11H18N4O2/c1-3-15(6-7-17-2)9-4-5-10(13-8-9)11(12)14-16/h4-5,8,16H,3,6-7H2,1-2H3,(H2,12,14). The largest absolute Gasteiger partial charge is 0.409 e. The van der Waals surface area contributed by atoms with E-state index >= 15 is 0 Å². The summed E-state index contributed by atoms with van der Waals surface area (Å²) in [6, 6.07) is 3.61. The van der Waals surface area contributed by atoms with Crippen LogP contribution < -0.4 is 10.6 Å². The van der Waals surface area contributed by atoms with Crippen molar-refractivity contribution in [2.75, 3.05) is 31.7 Å². The number of rotatable bonds is 6. The van der Waals surface area contributed by atoms with Gasteiger partial charge in [0.15, 0.2) is 5.84 Å². The van der Waals surface area contributed by atoms with Gasteiger partial charge in [0.1, 0.15) is 5.69 Å². The molecule has 0 aromatic carbocycles. The minimum Gasteiger partial charge on any atom is -0.409 e. The van der Waals surface area contributed by atoms with Crippen LogP contribution >= 0.6 is 0 Å². The molecular formula is C11H18N4O2. The van der Waals surface area contributed by atoms with Crippen LogP contribution in [-0.4, -0.2) is 42.8 Å². The Morgan fingerprint density at radius 1 is 1.59 bits per heavy atom. The predicted octanol–water partition coefficient (Wildman–Crippen LogP) is 0.649. The molecule has 0 aliphatic carbocycles. The normalized spacial score (nSPS) is 11.5. The van der Waals surface area contributed by atoms with Gasteiger partial charge in [0.25, 0.3) is 0 Å². The first kappa shape index (κ1) is 13.2. The highest BCUT2D eigenvalue weighted by Crippen LogP contribution is 2.12. The van der Waals surface area contributed by atoms with Crippen molar-refractivity contribution in [2.24, 2.45) is 10.9 Å². The molecule has 0 unspecified atom stereocenters. The van der Waals surface area contributed by atoms with Crippen LogP contribution in [0.2, 0.25) is 0 Å². The Morgan fingerprint density at radius 3 is 2.82 bits per heavy atom. The first-order chi connectivity index (χ1) is 8.22. The minimum atomic E-state index is 0.0106. The van der Waals surface area contributed by atoms with Crippen LogP contribution in [0.5, 0.6) is 0 Å². The second-order valence-corrected chi connectivity index (χ2v) is 3.46. The molecule has 0 saturated carbocycles. The quantitative estimate of drug-likeness (QED) is 0.329. The van der Waals surface area contributed by atoms with Crippen LogP contribution in [0.4, 0.5) is 5.69 Å². The molecule has 6 nitrogen and oxygen atoms in total. The third-order valence-corrected chi connectivity index (χ3v) is 2.43. The van der Waals surface area contributed by atoms with Crippen molar-refractivity contribution in [3.8, 4) is 0 Å². The number of anilines is 1. The summed E-state index contributed by atoms with van der Waals surface area (Å²) in [5, 5.41) is 11.4. The van der Waals surface area contributed by atoms with Gasteiger partial charge in [0.2, 0.25) is 0 Å². The van der Waals surface area contributed by atoms with Crippen LogP contribution in [0.15, 0.2) is 23.5 Å². The monoisotopic (exact) mass is 238 g/mol. The molecule has 0 radical (unpaired) electrons. The summed E-state index contributed by atoms with van der Waals surface area (Å²) >= 11 is 0. The molecule has 0 saturated heterocycles. The van der Waals surface area contributed by atoms with Gasteiger partial charge in [-0.2, -0.15) is 0 Å². The summed E-state index contributed by atoms with van der Waals surface area (Å²) in [5.41, 5.74) is 6.88. The summed E-state index contributed by atoms with van der Waals surface area (Å²) in [7, 11) is 1.67. The van der Waals surface area contributed by atoms with E-state index < -0.39 is 0 Å². The second-order valence-electron chi connectivity index (χ2n) is 3.46. The molecule has 17 heavy (non-hydrogen) atoms. The van der Waals surface area contributed by atoms with E-state index in [1.165, 1.54) is 0 Å². The predicted molar refractivity (Wildman–Crippen MR) is 66.5 cm³/mol. The Bertz CT molecular complexity index is 364. The highest BCUT2D eigenvalue weighted by molar-refractivity contribution is 5.95. The Balaban J connectivity index is 2.77. The molecule has 0 spiro atoms. The van der Waals surface area contributed by atoms with E-state index in [0.717, 1.165) is 18.8 Å². The Kier molecular flexibility index (Phi) is 5.22. The van der Waals surface area contributed by atoms with Crippen LogP contribution in [0.1, 0.15) is 12.6 Å². The van der Waals surface area contributed by atoms with Crippen molar-refractivity contribution in [2.45, 2.75) is 6.92 Å². The molecule has 0 aliphatic heterocycles. The number of oxime groups is 1. The number of amidine groups is 1. The summed E-state index contributed by atoms with van der Waals surface area (Å²) in [5.74, 6) is 0.0106. The summed E-state index contributed by atoms with van der Waals surface area (Å²) in [6.07, 6.45) is 1.70. The molecule has 1 rings (SSSR count). The molecule has 1 aromatic rings. The first-order valence-corrected chi connectivity index (χ1v) is 5.40. The number of ether oxygens (including phenoxy) is 1. The second kappa shape index (κ2) is 6.70. The van der Waals surface area contributed by atoms with E-state index in [0.29, 0.717) is 12.3 Å². The maximum absolute atomic E-state index is 8.53. The number of nitrogens with zero attached hydrogens (tertiary/aromatic N) is 3. The topological polar surface area (TPSA) is 84.0 Å². The lowest BCUT2D eigenvalue weighted by molar-refractivity contribution is 0.205. The van der Waals surface area contributed by atoms with Gasteiger partial charge < -0.3 is 20.6 Å². The lowest BCUT2D eigenvalue weighted by atomic mass is 10.3. The molecule has 0 fully saturated rings. The van der Waals surface area contributed by atoms with Gasteiger partial charge in [-0.1, -0.05) is 5.16 Å². The third-order valence-electron chi connectivity index (χ3n) is 2.43. The lowest BCUT2D eigenvalue weighted by Gasteiger charge is -2.22. The highest BCUT2D eigenvalue weighted by Gasteiger charge is 2.06. The van der Waals surface area contributed by atoms with Crippen molar-refractivity contribution in [3.05, 3.63) is 24.0 Å². The van der Waals surface area contributed by atoms with Crippen LogP contribution in [0.3, 0.4) is 0 Å². The molecular weight excluding hydrogens is 220 g/mol. The minimum absolute atomic E-state index is 0.0106. The molecule has 94 valence electrons. The van der Waals surface area contributed by atoms with Crippen molar-refractivity contribution in [1.82, 2.24) is 4.98 Å². The van der Waals surface area contributed by atoms with E-state index in [1.54, 1.807) is 19.4 Å². The number of hydrogen-bond donors (Lipinski definition) is 2. The third kappa shape index (κ3) is 3.60. The zero-order chi connectivity index (χ0) is 12.7. The molecule has 0 atom stereocenters. The van der Waals surface area contributed by atoms with Crippen molar-refractivity contribution >= 4 is 11.5 Å². The smallest absolute Gasteiger partial charge is 0.188 e.